The molecule has 2 rings (SSSR count). The summed E-state index contributed by atoms with van der Waals surface area (Å²) in [6, 6.07) is 3.01. The van der Waals surface area contributed by atoms with Gasteiger partial charge in [-0.1, -0.05) is 19.8 Å². The van der Waals surface area contributed by atoms with Crippen LogP contribution in [-0.4, -0.2) is 16.2 Å². The van der Waals surface area contributed by atoms with Gasteiger partial charge in [-0.05, 0) is 43.7 Å². The topological polar surface area (TPSA) is 70.7 Å². The van der Waals surface area contributed by atoms with Crippen LogP contribution >= 0.6 is 0 Å². The summed E-state index contributed by atoms with van der Waals surface area (Å²) >= 11 is 0. The first-order valence-electron chi connectivity index (χ1n) is 6.61. The van der Waals surface area contributed by atoms with Gasteiger partial charge in [-0.2, -0.15) is 0 Å². The standard InChI is InChI=1S/C14H20O4/c1-2-10-4-3-8-14(17,9-7-10)12-6-5-11(18-12)13(15)16/h5-6,10,17H,2-4,7-9H2,1H3,(H,15,16). The fraction of sp³-hybridized carbons (Fsp3) is 0.643. The van der Waals surface area contributed by atoms with Crippen molar-refractivity contribution in [2.75, 3.05) is 0 Å². The van der Waals surface area contributed by atoms with Crippen molar-refractivity contribution >= 4 is 5.97 Å². The SMILES string of the molecule is CCC1CCCC(O)(c2ccc(C(=O)O)o2)CC1. The lowest BCUT2D eigenvalue weighted by atomic mass is 9.91. The Bertz CT molecular complexity index is 423. The zero-order chi connectivity index (χ0) is 13.2. The minimum atomic E-state index is -1.09. The Labute approximate surface area is 107 Å². The van der Waals surface area contributed by atoms with Gasteiger partial charge in [-0.3, -0.25) is 0 Å². The molecule has 0 saturated heterocycles. The van der Waals surface area contributed by atoms with E-state index >= 15 is 0 Å². The summed E-state index contributed by atoms with van der Waals surface area (Å²) in [5, 5.41) is 19.5. The van der Waals surface area contributed by atoms with E-state index in [0.717, 1.165) is 25.7 Å². The van der Waals surface area contributed by atoms with E-state index in [1.54, 1.807) is 6.07 Å². The molecular formula is C14H20O4. The van der Waals surface area contributed by atoms with E-state index < -0.39 is 11.6 Å². The number of hydrogen-bond donors (Lipinski definition) is 2. The third-order valence-corrected chi connectivity index (χ3v) is 4.02. The lowest BCUT2D eigenvalue weighted by Gasteiger charge is -2.24. The average Bonchev–Trinajstić information content (AvgIpc) is 2.76. The van der Waals surface area contributed by atoms with Crippen molar-refractivity contribution in [2.24, 2.45) is 5.92 Å². The maximum atomic E-state index is 10.8. The van der Waals surface area contributed by atoms with Crippen molar-refractivity contribution in [2.45, 2.75) is 51.0 Å². The fourth-order valence-corrected chi connectivity index (χ4v) is 2.75. The molecule has 0 aromatic carbocycles. The van der Waals surface area contributed by atoms with E-state index in [1.165, 1.54) is 6.07 Å². The summed E-state index contributed by atoms with van der Waals surface area (Å²) in [6.45, 7) is 2.17. The number of aliphatic hydroxyl groups is 1. The molecule has 4 heteroatoms. The van der Waals surface area contributed by atoms with Crippen molar-refractivity contribution in [3.05, 3.63) is 23.7 Å². The van der Waals surface area contributed by atoms with Crippen molar-refractivity contribution < 1.29 is 19.4 Å². The number of furan rings is 1. The van der Waals surface area contributed by atoms with Gasteiger partial charge in [0.1, 0.15) is 11.4 Å². The Kier molecular flexibility index (Phi) is 3.76. The van der Waals surface area contributed by atoms with E-state index in [1.807, 2.05) is 0 Å². The molecule has 2 atom stereocenters. The number of carboxylic acids is 1. The molecule has 1 heterocycles. The van der Waals surface area contributed by atoms with Crippen LogP contribution in [0.4, 0.5) is 0 Å². The van der Waals surface area contributed by atoms with Crippen molar-refractivity contribution in [3.63, 3.8) is 0 Å². The molecule has 1 aliphatic carbocycles. The van der Waals surface area contributed by atoms with Gasteiger partial charge >= 0.3 is 5.97 Å². The summed E-state index contributed by atoms with van der Waals surface area (Å²) in [7, 11) is 0. The second kappa shape index (κ2) is 5.14. The molecule has 2 N–H and O–H groups in total. The van der Waals surface area contributed by atoms with Crippen molar-refractivity contribution in [3.8, 4) is 0 Å². The van der Waals surface area contributed by atoms with Crippen LogP contribution in [-0.2, 0) is 5.60 Å². The lowest BCUT2D eigenvalue weighted by molar-refractivity contribution is -0.00242. The molecule has 1 fully saturated rings. The minimum Gasteiger partial charge on any atom is -0.475 e. The lowest BCUT2D eigenvalue weighted by Crippen LogP contribution is -2.24. The van der Waals surface area contributed by atoms with Crippen molar-refractivity contribution in [1.82, 2.24) is 0 Å². The molecule has 18 heavy (non-hydrogen) atoms. The monoisotopic (exact) mass is 252 g/mol. The van der Waals surface area contributed by atoms with Crippen LogP contribution in [0.3, 0.4) is 0 Å². The first-order chi connectivity index (χ1) is 8.55. The number of aromatic carboxylic acids is 1. The van der Waals surface area contributed by atoms with Gasteiger partial charge in [0, 0.05) is 0 Å². The van der Waals surface area contributed by atoms with E-state index in [0.29, 0.717) is 24.5 Å². The van der Waals surface area contributed by atoms with E-state index in [-0.39, 0.29) is 5.76 Å². The predicted octanol–water partition coefficient (Wildman–Crippen LogP) is 3.16. The van der Waals surface area contributed by atoms with Crippen molar-refractivity contribution in [1.29, 1.82) is 0 Å². The molecule has 100 valence electrons. The summed E-state index contributed by atoms with van der Waals surface area (Å²) in [5.41, 5.74) is -0.988. The van der Waals surface area contributed by atoms with Gasteiger partial charge in [0.15, 0.2) is 0 Å². The van der Waals surface area contributed by atoms with Crippen LogP contribution in [0.1, 0.15) is 61.8 Å². The Morgan fingerprint density at radius 3 is 2.83 bits per heavy atom. The molecule has 4 nitrogen and oxygen atoms in total. The smallest absolute Gasteiger partial charge is 0.371 e. The average molecular weight is 252 g/mol. The summed E-state index contributed by atoms with van der Waals surface area (Å²) in [4.78, 5) is 10.8. The molecule has 1 aromatic rings. The van der Waals surface area contributed by atoms with Crippen LogP contribution in [0, 0.1) is 5.92 Å². The maximum Gasteiger partial charge on any atom is 0.371 e. The summed E-state index contributed by atoms with van der Waals surface area (Å²) < 4.78 is 5.26. The molecule has 0 amide bonds. The highest BCUT2D eigenvalue weighted by atomic mass is 16.4. The molecule has 0 spiro atoms. The summed E-state index contributed by atoms with van der Waals surface area (Å²) in [6.07, 6.45) is 5.49. The van der Waals surface area contributed by atoms with Gasteiger partial charge in [-0.15, -0.1) is 0 Å². The summed E-state index contributed by atoms with van der Waals surface area (Å²) in [5.74, 6) is -0.135. The van der Waals surface area contributed by atoms with Gasteiger partial charge in [-0.25, -0.2) is 4.79 Å². The zero-order valence-electron chi connectivity index (χ0n) is 10.7. The highest BCUT2D eigenvalue weighted by molar-refractivity contribution is 5.84. The Hall–Kier alpha value is -1.29. The van der Waals surface area contributed by atoms with Gasteiger partial charge in [0.25, 0.3) is 0 Å². The van der Waals surface area contributed by atoms with Gasteiger partial charge in [0.05, 0.1) is 0 Å². The van der Waals surface area contributed by atoms with E-state index in [2.05, 4.69) is 6.92 Å². The van der Waals surface area contributed by atoms with Gasteiger partial charge in [0.2, 0.25) is 5.76 Å². The van der Waals surface area contributed by atoms with E-state index in [4.69, 9.17) is 9.52 Å². The largest absolute Gasteiger partial charge is 0.475 e. The number of carbonyl (C=O) groups is 1. The Balaban J connectivity index is 2.16. The normalized spacial score (nSPS) is 28.9. The fourth-order valence-electron chi connectivity index (χ4n) is 2.75. The Morgan fingerprint density at radius 1 is 1.44 bits per heavy atom. The zero-order valence-corrected chi connectivity index (χ0v) is 10.7. The number of rotatable bonds is 3. The highest BCUT2D eigenvalue weighted by Crippen LogP contribution is 2.39. The van der Waals surface area contributed by atoms with Crippen LogP contribution < -0.4 is 0 Å². The quantitative estimate of drug-likeness (QED) is 0.811. The molecule has 0 radical (unpaired) electrons. The van der Waals surface area contributed by atoms with Crippen LogP contribution in [0.2, 0.25) is 0 Å². The van der Waals surface area contributed by atoms with Crippen LogP contribution in [0.25, 0.3) is 0 Å². The van der Waals surface area contributed by atoms with Gasteiger partial charge < -0.3 is 14.6 Å². The van der Waals surface area contributed by atoms with Crippen LogP contribution in [0.5, 0.6) is 0 Å². The Morgan fingerprint density at radius 2 is 2.22 bits per heavy atom. The third kappa shape index (κ3) is 2.58. The molecule has 1 aliphatic rings. The maximum absolute atomic E-state index is 10.8. The molecule has 0 aliphatic heterocycles. The number of hydrogen-bond acceptors (Lipinski definition) is 3. The molecule has 1 aromatic heterocycles. The molecule has 1 saturated carbocycles. The van der Waals surface area contributed by atoms with E-state index in [9.17, 15) is 9.90 Å². The highest BCUT2D eigenvalue weighted by Gasteiger charge is 2.35. The molecule has 0 bridgehead atoms. The molecule has 2 unspecified atom stereocenters. The van der Waals surface area contributed by atoms with Crippen LogP contribution in [0.15, 0.2) is 16.5 Å². The first kappa shape index (κ1) is 13.1. The third-order valence-electron chi connectivity index (χ3n) is 4.02. The predicted molar refractivity (Wildman–Crippen MR) is 66.4 cm³/mol. The second-order valence-electron chi connectivity index (χ2n) is 5.21. The minimum absolute atomic E-state index is 0.102. The second-order valence-corrected chi connectivity index (χ2v) is 5.21. The number of carboxylic acid groups (broad SMARTS) is 1. The molecular weight excluding hydrogens is 232 g/mol. The first-order valence-corrected chi connectivity index (χ1v) is 6.61.